The molecule has 0 heterocycles. The molecular weight excluding hydrogens is 357 g/mol. The minimum absolute atomic E-state index is 0.324. The second-order valence-electron chi connectivity index (χ2n) is 5.42. The Morgan fingerprint density at radius 1 is 1.42 bits per heavy atom. The molecule has 106 valence electrons. The molecule has 1 amide bonds. The number of rotatable bonds is 3. The van der Waals surface area contributed by atoms with Gasteiger partial charge in [-0.05, 0) is 73.9 Å². The van der Waals surface area contributed by atoms with Gasteiger partial charge in [-0.15, -0.1) is 0 Å². The van der Waals surface area contributed by atoms with Crippen molar-refractivity contribution in [1.29, 1.82) is 0 Å². The van der Waals surface area contributed by atoms with Gasteiger partial charge in [0.05, 0.1) is 3.57 Å². The summed E-state index contributed by atoms with van der Waals surface area (Å²) in [5.74, 6) is 0.324. The number of aromatic hydroxyl groups is 1. The lowest BCUT2D eigenvalue weighted by molar-refractivity contribution is 0.0528. The van der Waals surface area contributed by atoms with Crippen molar-refractivity contribution < 1.29 is 14.6 Å². The van der Waals surface area contributed by atoms with E-state index in [1.807, 2.05) is 39.8 Å². The van der Waals surface area contributed by atoms with Gasteiger partial charge in [0.15, 0.2) is 0 Å². The van der Waals surface area contributed by atoms with Crippen molar-refractivity contribution in [3.05, 3.63) is 26.8 Å². The molecule has 0 aliphatic carbocycles. The number of carbonyl (C=O) groups excluding carboxylic acids is 1. The van der Waals surface area contributed by atoms with E-state index in [9.17, 15) is 9.90 Å². The van der Waals surface area contributed by atoms with Crippen molar-refractivity contribution in [2.24, 2.45) is 0 Å². The van der Waals surface area contributed by atoms with E-state index < -0.39 is 11.7 Å². The van der Waals surface area contributed by atoms with Gasteiger partial charge in [-0.25, -0.2) is 4.79 Å². The third-order valence-electron chi connectivity index (χ3n) is 2.40. The summed E-state index contributed by atoms with van der Waals surface area (Å²) in [4.78, 5) is 11.5. The van der Waals surface area contributed by atoms with E-state index in [0.717, 1.165) is 14.7 Å². The van der Waals surface area contributed by atoms with Crippen LogP contribution in [0.25, 0.3) is 0 Å². The zero-order valence-electron chi connectivity index (χ0n) is 11.7. The number of carbonyl (C=O) groups is 1. The summed E-state index contributed by atoms with van der Waals surface area (Å²) < 4.78 is 5.97. The Hall–Kier alpha value is -0.980. The number of ether oxygens (including phenoxy) is 1. The predicted molar refractivity (Wildman–Crippen MR) is 83.5 cm³/mol. The largest absolute Gasteiger partial charge is 0.507 e. The van der Waals surface area contributed by atoms with Crippen LogP contribution in [0.15, 0.2) is 12.1 Å². The van der Waals surface area contributed by atoms with E-state index in [2.05, 4.69) is 27.9 Å². The van der Waals surface area contributed by atoms with E-state index in [4.69, 9.17) is 4.74 Å². The first-order valence-electron chi connectivity index (χ1n) is 6.14. The summed E-state index contributed by atoms with van der Waals surface area (Å²) in [7, 11) is 0. The highest BCUT2D eigenvalue weighted by atomic mass is 127. The van der Waals surface area contributed by atoms with Crippen molar-refractivity contribution in [3.63, 3.8) is 0 Å². The van der Waals surface area contributed by atoms with Crippen LogP contribution in [0, 0.1) is 10.5 Å². The van der Waals surface area contributed by atoms with Crippen LogP contribution in [0.3, 0.4) is 0 Å². The lowest BCUT2D eigenvalue weighted by Gasteiger charge is -2.19. The summed E-state index contributed by atoms with van der Waals surface area (Å²) >= 11 is 2.10. The molecule has 0 aliphatic rings. The zero-order valence-corrected chi connectivity index (χ0v) is 13.9. The van der Waals surface area contributed by atoms with Crippen molar-refractivity contribution in [2.75, 3.05) is 6.54 Å². The molecule has 0 saturated carbocycles. The second kappa shape index (κ2) is 6.45. The number of aryl methyl sites for hydroxylation is 1. The molecular formula is C14H20INO3. The topological polar surface area (TPSA) is 58.6 Å². The quantitative estimate of drug-likeness (QED) is 0.795. The molecule has 1 aromatic carbocycles. The van der Waals surface area contributed by atoms with Crippen molar-refractivity contribution in [1.82, 2.24) is 5.32 Å². The second-order valence-corrected chi connectivity index (χ2v) is 6.58. The Morgan fingerprint density at radius 3 is 2.58 bits per heavy atom. The molecule has 0 atom stereocenters. The summed E-state index contributed by atoms with van der Waals surface area (Å²) in [6.45, 7) is 7.87. The number of phenolic OH excluding ortho intramolecular Hbond substituents is 1. The van der Waals surface area contributed by atoms with Crippen LogP contribution >= 0.6 is 22.6 Å². The molecule has 0 aromatic heterocycles. The first-order chi connectivity index (χ1) is 8.69. The summed E-state index contributed by atoms with van der Waals surface area (Å²) in [5, 5.41) is 12.4. The van der Waals surface area contributed by atoms with Crippen LogP contribution in [-0.4, -0.2) is 23.3 Å². The van der Waals surface area contributed by atoms with Gasteiger partial charge < -0.3 is 15.2 Å². The van der Waals surface area contributed by atoms with Gasteiger partial charge in [-0.1, -0.05) is 6.07 Å². The third kappa shape index (κ3) is 5.67. The molecule has 0 fully saturated rings. The average Bonchev–Trinajstić information content (AvgIpc) is 2.23. The molecule has 1 aromatic rings. The average molecular weight is 377 g/mol. The molecule has 4 nitrogen and oxygen atoms in total. The van der Waals surface area contributed by atoms with Crippen molar-refractivity contribution in [2.45, 2.75) is 39.7 Å². The molecule has 5 heteroatoms. The lowest BCUT2D eigenvalue weighted by Crippen LogP contribution is -2.33. The van der Waals surface area contributed by atoms with E-state index in [-0.39, 0.29) is 0 Å². The molecule has 0 saturated heterocycles. The fraction of sp³-hybridized carbons (Fsp3) is 0.500. The van der Waals surface area contributed by atoms with Gasteiger partial charge >= 0.3 is 6.09 Å². The first kappa shape index (κ1) is 16.1. The van der Waals surface area contributed by atoms with Gasteiger partial charge in [-0.2, -0.15) is 0 Å². The minimum atomic E-state index is -0.478. The first-order valence-corrected chi connectivity index (χ1v) is 7.22. The Kier molecular flexibility index (Phi) is 5.46. The monoisotopic (exact) mass is 377 g/mol. The Labute approximate surface area is 127 Å². The Balaban J connectivity index is 2.48. The third-order valence-corrected chi connectivity index (χ3v) is 3.22. The zero-order chi connectivity index (χ0) is 14.6. The highest BCUT2D eigenvalue weighted by Crippen LogP contribution is 2.25. The number of amides is 1. The molecule has 0 bridgehead atoms. The van der Waals surface area contributed by atoms with E-state index in [1.54, 1.807) is 0 Å². The predicted octanol–water partition coefficient (Wildman–Crippen LogP) is 3.37. The van der Waals surface area contributed by atoms with Gasteiger partial charge in [0.1, 0.15) is 11.4 Å². The molecule has 2 N–H and O–H groups in total. The standard InChI is InChI=1S/C14H20INO3/c1-9-7-10(8-11(15)12(9)17)5-6-16-13(18)19-14(2,3)4/h7-8,17H,5-6H2,1-4H3,(H,16,18). The summed E-state index contributed by atoms with van der Waals surface area (Å²) in [6, 6.07) is 3.84. The number of halogens is 1. The number of alkyl carbamates (subject to hydrolysis) is 1. The number of nitrogens with one attached hydrogen (secondary N) is 1. The smallest absolute Gasteiger partial charge is 0.407 e. The van der Waals surface area contributed by atoms with Crippen LogP contribution in [0.5, 0.6) is 5.75 Å². The Morgan fingerprint density at radius 2 is 2.05 bits per heavy atom. The fourth-order valence-electron chi connectivity index (χ4n) is 1.58. The van der Waals surface area contributed by atoms with Crippen LogP contribution in [0.1, 0.15) is 31.9 Å². The maximum Gasteiger partial charge on any atom is 0.407 e. The maximum atomic E-state index is 11.5. The van der Waals surface area contributed by atoms with E-state index >= 15 is 0 Å². The molecule has 0 spiro atoms. The molecule has 0 unspecified atom stereocenters. The van der Waals surface area contributed by atoms with Gasteiger partial charge in [-0.3, -0.25) is 0 Å². The molecule has 1 rings (SSSR count). The minimum Gasteiger partial charge on any atom is -0.507 e. The van der Waals surface area contributed by atoms with Crippen LogP contribution in [0.2, 0.25) is 0 Å². The van der Waals surface area contributed by atoms with Crippen molar-refractivity contribution >= 4 is 28.7 Å². The molecule has 0 radical (unpaired) electrons. The summed E-state index contributed by atoms with van der Waals surface area (Å²) in [5.41, 5.74) is 1.45. The van der Waals surface area contributed by atoms with E-state index in [0.29, 0.717) is 18.7 Å². The van der Waals surface area contributed by atoms with Crippen LogP contribution < -0.4 is 5.32 Å². The number of phenols is 1. The van der Waals surface area contributed by atoms with Crippen LogP contribution in [-0.2, 0) is 11.2 Å². The SMILES string of the molecule is Cc1cc(CCNC(=O)OC(C)(C)C)cc(I)c1O. The Bertz CT molecular complexity index is 443. The van der Waals surface area contributed by atoms with Gasteiger partial charge in [0.25, 0.3) is 0 Å². The summed E-state index contributed by atoms with van der Waals surface area (Å²) in [6.07, 6.45) is 0.300. The van der Waals surface area contributed by atoms with E-state index in [1.165, 1.54) is 0 Å². The number of hydrogen-bond donors (Lipinski definition) is 2. The van der Waals surface area contributed by atoms with Gasteiger partial charge in [0.2, 0.25) is 0 Å². The van der Waals surface area contributed by atoms with Gasteiger partial charge in [0, 0.05) is 6.54 Å². The number of benzene rings is 1. The normalized spacial score (nSPS) is 11.2. The fourth-order valence-corrected chi connectivity index (χ4v) is 2.40. The highest BCUT2D eigenvalue weighted by Gasteiger charge is 2.15. The molecule has 0 aliphatic heterocycles. The van der Waals surface area contributed by atoms with Crippen molar-refractivity contribution in [3.8, 4) is 5.75 Å². The molecule has 19 heavy (non-hydrogen) atoms. The lowest BCUT2D eigenvalue weighted by atomic mass is 10.1. The number of hydrogen-bond acceptors (Lipinski definition) is 3. The highest BCUT2D eigenvalue weighted by molar-refractivity contribution is 14.1. The van der Waals surface area contributed by atoms with Crippen LogP contribution in [0.4, 0.5) is 4.79 Å². The maximum absolute atomic E-state index is 11.5.